The summed E-state index contributed by atoms with van der Waals surface area (Å²) in [5, 5.41) is 14.2. The molecule has 9 heteroatoms. The average molecular weight is 568 g/mol. The zero-order chi connectivity index (χ0) is 17.7. The van der Waals surface area contributed by atoms with Crippen LogP contribution in [0.2, 0.25) is 0 Å². The fourth-order valence-electron chi connectivity index (χ4n) is 1.76. The fraction of sp³-hybridized carbons (Fsp3) is 0.200. The molecule has 0 saturated carbocycles. The van der Waals surface area contributed by atoms with Crippen molar-refractivity contribution in [1.82, 2.24) is 15.4 Å². The molecule has 0 spiro atoms. The lowest BCUT2D eigenvalue weighted by Crippen LogP contribution is -2.19. The average Bonchev–Trinajstić information content (AvgIpc) is 2.49. The summed E-state index contributed by atoms with van der Waals surface area (Å²) in [6, 6.07) is 5.45. The molecule has 2 rings (SSSR count). The predicted octanol–water partition coefficient (Wildman–Crippen LogP) is 3.25. The molecule has 0 radical (unpaired) electrons. The number of amides is 1. The van der Waals surface area contributed by atoms with Crippen LogP contribution in [0.25, 0.3) is 0 Å². The third kappa shape index (κ3) is 5.84. The van der Waals surface area contributed by atoms with Crippen LogP contribution in [-0.4, -0.2) is 32.9 Å². The Morgan fingerprint density at radius 3 is 2.42 bits per heavy atom. The topological polar surface area (TPSA) is 87.5 Å². The number of benzene rings is 1. The molecule has 126 valence electrons. The second-order valence-corrected chi connectivity index (χ2v) is 8.12. The third-order valence-corrected chi connectivity index (χ3v) is 5.23. The molecule has 0 saturated heterocycles. The number of aromatic nitrogens is 2. The standard InChI is InChI=1S/C15H14I2N4O2S/c1-8-3-9(2)20-15(19-8)24-7-13(22)21-18-6-10-4-11(16)14(23)12(17)5-10/h3-6,23H,7H2,1-2H3,(H,21,22)/b18-6-. The van der Waals surface area contributed by atoms with E-state index >= 15 is 0 Å². The number of halogens is 2. The Bertz CT molecular complexity index is 756. The van der Waals surface area contributed by atoms with Crippen molar-refractivity contribution < 1.29 is 9.90 Å². The van der Waals surface area contributed by atoms with E-state index in [0.29, 0.717) is 5.16 Å². The first-order valence-electron chi connectivity index (χ1n) is 6.80. The largest absolute Gasteiger partial charge is 0.506 e. The second-order valence-electron chi connectivity index (χ2n) is 4.85. The maximum absolute atomic E-state index is 11.8. The third-order valence-electron chi connectivity index (χ3n) is 2.74. The van der Waals surface area contributed by atoms with E-state index in [1.165, 1.54) is 11.8 Å². The maximum Gasteiger partial charge on any atom is 0.250 e. The van der Waals surface area contributed by atoms with Crippen LogP contribution in [0.1, 0.15) is 17.0 Å². The quantitative estimate of drug-likeness (QED) is 0.190. The second kappa shape index (κ2) is 8.94. The number of carbonyl (C=O) groups excluding carboxylic acids is 1. The minimum atomic E-state index is -0.234. The van der Waals surface area contributed by atoms with Crippen molar-refractivity contribution in [3.05, 3.63) is 42.3 Å². The van der Waals surface area contributed by atoms with Gasteiger partial charge in [-0.05, 0) is 82.8 Å². The van der Waals surface area contributed by atoms with Crippen LogP contribution in [0.15, 0.2) is 28.5 Å². The zero-order valence-electron chi connectivity index (χ0n) is 12.9. The molecule has 24 heavy (non-hydrogen) atoms. The summed E-state index contributed by atoms with van der Waals surface area (Å²) in [7, 11) is 0. The zero-order valence-corrected chi connectivity index (χ0v) is 18.0. The van der Waals surface area contributed by atoms with E-state index in [9.17, 15) is 9.90 Å². The monoisotopic (exact) mass is 568 g/mol. The summed E-state index contributed by atoms with van der Waals surface area (Å²) in [5.41, 5.74) is 5.02. The Labute approximate surface area is 171 Å². The number of hydrogen-bond donors (Lipinski definition) is 2. The SMILES string of the molecule is Cc1cc(C)nc(SCC(=O)N/N=C\c2cc(I)c(O)c(I)c2)n1. The number of hydrazone groups is 1. The lowest BCUT2D eigenvalue weighted by molar-refractivity contribution is -0.118. The summed E-state index contributed by atoms with van der Waals surface area (Å²) >= 11 is 5.36. The molecule has 1 aromatic heterocycles. The van der Waals surface area contributed by atoms with Gasteiger partial charge in [-0.3, -0.25) is 4.79 Å². The molecule has 2 N–H and O–H groups in total. The number of carbonyl (C=O) groups is 1. The summed E-state index contributed by atoms with van der Waals surface area (Å²) in [6.07, 6.45) is 1.54. The Morgan fingerprint density at radius 2 is 1.83 bits per heavy atom. The Hall–Kier alpha value is -0.950. The molecule has 0 aliphatic carbocycles. The van der Waals surface area contributed by atoms with E-state index in [0.717, 1.165) is 24.1 Å². The van der Waals surface area contributed by atoms with Gasteiger partial charge in [-0.25, -0.2) is 15.4 Å². The maximum atomic E-state index is 11.8. The molecule has 1 amide bonds. The molecule has 1 aromatic carbocycles. The normalized spacial score (nSPS) is 11.0. The Morgan fingerprint density at radius 1 is 1.25 bits per heavy atom. The summed E-state index contributed by atoms with van der Waals surface area (Å²) in [4.78, 5) is 20.4. The number of nitrogens with zero attached hydrogens (tertiary/aromatic N) is 3. The number of hydrogen-bond acceptors (Lipinski definition) is 6. The van der Waals surface area contributed by atoms with Crippen molar-refractivity contribution in [2.45, 2.75) is 19.0 Å². The van der Waals surface area contributed by atoms with Crippen LogP contribution in [0, 0.1) is 21.0 Å². The van der Waals surface area contributed by atoms with E-state index < -0.39 is 0 Å². The van der Waals surface area contributed by atoms with Gasteiger partial charge >= 0.3 is 0 Å². The van der Waals surface area contributed by atoms with Crippen molar-refractivity contribution in [2.75, 3.05) is 5.75 Å². The van der Waals surface area contributed by atoms with Gasteiger partial charge in [0.05, 0.1) is 19.1 Å². The van der Waals surface area contributed by atoms with Gasteiger partial charge in [0, 0.05) is 11.4 Å². The first-order valence-corrected chi connectivity index (χ1v) is 9.94. The number of phenols is 1. The number of aryl methyl sites for hydroxylation is 2. The summed E-state index contributed by atoms with van der Waals surface area (Å²) < 4.78 is 1.46. The van der Waals surface area contributed by atoms with E-state index in [-0.39, 0.29) is 17.4 Å². The fourth-order valence-corrected chi connectivity index (χ4v) is 4.32. The molecule has 0 bridgehead atoms. The van der Waals surface area contributed by atoms with Crippen LogP contribution < -0.4 is 5.43 Å². The van der Waals surface area contributed by atoms with Crippen molar-refractivity contribution in [3.63, 3.8) is 0 Å². The summed E-state index contributed by atoms with van der Waals surface area (Å²) in [5.74, 6) is 0.203. The first kappa shape index (κ1) is 19.4. The van der Waals surface area contributed by atoms with Crippen LogP contribution in [0.4, 0.5) is 0 Å². The van der Waals surface area contributed by atoms with E-state index in [2.05, 4.69) is 20.5 Å². The van der Waals surface area contributed by atoms with Gasteiger partial charge in [0.25, 0.3) is 5.91 Å². The van der Waals surface area contributed by atoms with Gasteiger partial charge < -0.3 is 5.11 Å². The lowest BCUT2D eigenvalue weighted by Gasteiger charge is -2.03. The number of thioether (sulfide) groups is 1. The number of rotatable bonds is 5. The highest BCUT2D eigenvalue weighted by Crippen LogP contribution is 2.26. The van der Waals surface area contributed by atoms with Crippen molar-refractivity contribution in [1.29, 1.82) is 0 Å². The molecule has 0 fully saturated rings. The van der Waals surface area contributed by atoms with Crippen molar-refractivity contribution in [3.8, 4) is 5.75 Å². The number of aromatic hydroxyl groups is 1. The molecule has 0 aliphatic heterocycles. The Balaban J connectivity index is 1.89. The molecule has 1 heterocycles. The molecule has 0 unspecified atom stereocenters. The Kier molecular flexibility index (Phi) is 7.22. The van der Waals surface area contributed by atoms with Crippen LogP contribution in [-0.2, 0) is 4.79 Å². The molecule has 6 nitrogen and oxygen atoms in total. The van der Waals surface area contributed by atoms with Gasteiger partial charge in [-0.15, -0.1) is 0 Å². The highest BCUT2D eigenvalue weighted by atomic mass is 127. The van der Waals surface area contributed by atoms with Crippen LogP contribution >= 0.6 is 56.9 Å². The van der Waals surface area contributed by atoms with E-state index in [4.69, 9.17) is 0 Å². The highest BCUT2D eigenvalue weighted by Gasteiger charge is 2.06. The van der Waals surface area contributed by atoms with Gasteiger partial charge in [0.1, 0.15) is 5.75 Å². The van der Waals surface area contributed by atoms with Gasteiger partial charge in [-0.1, -0.05) is 11.8 Å². The molecular weight excluding hydrogens is 554 g/mol. The van der Waals surface area contributed by atoms with Gasteiger partial charge in [0.2, 0.25) is 0 Å². The molecular formula is C15H14I2N4O2S. The smallest absolute Gasteiger partial charge is 0.250 e. The lowest BCUT2D eigenvalue weighted by atomic mass is 10.2. The minimum absolute atomic E-state index is 0.185. The van der Waals surface area contributed by atoms with Gasteiger partial charge in [0.15, 0.2) is 5.16 Å². The van der Waals surface area contributed by atoms with E-state index in [1.807, 2.05) is 65.1 Å². The minimum Gasteiger partial charge on any atom is -0.506 e. The summed E-state index contributed by atoms with van der Waals surface area (Å²) in [6.45, 7) is 3.78. The molecule has 0 atom stereocenters. The van der Waals surface area contributed by atoms with Crippen LogP contribution in [0.5, 0.6) is 5.75 Å². The number of phenolic OH excluding ortho intramolecular Hbond substituents is 1. The van der Waals surface area contributed by atoms with Crippen LogP contribution in [0.3, 0.4) is 0 Å². The molecule has 2 aromatic rings. The van der Waals surface area contributed by atoms with E-state index in [1.54, 1.807) is 18.3 Å². The predicted molar refractivity (Wildman–Crippen MR) is 112 cm³/mol. The first-order chi connectivity index (χ1) is 11.3. The highest BCUT2D eigenvalue weighted by molar-refractivity contribution is 14.1. The molecule has 0 aliphatic rings. The van der Waals surface area contributed by atoms with Crippen molar-refractivity contribution in [2.24, 2.45) is 5.10 Å². The van der Waals surface area contributed by atoms with Gasteiger partial charge in [-0.2, -0.15) is 5.10 Å². The number of nitrogens with one attached hydrogen (secondary N) is 1. The van der Waals surface area contributed by atoms with Crippen molar-refractivity contribution >= 4 is 69.1 Å².